The van der Waals surface area contributed by atoms with Crippen molar-refractivity contribution in [1.82, 2.24) is 21.0 Å². The van der Waals surface area contributed by atoms with Crippen LogP contribution in [0, 0.1) is 5.92 Å². The highest BCUT2D eigenvalue weighted by atomic mass is 35.5. The first-order valence-corrected chi connectivity index (χ1v) is 12.8. The smallest absolute Gasteiger partial charge is 0.428 e. The summed E-state index contributed by atoms with van der Waals surface area (Å²) >= 11 is 6.75. The van der Waals surface area contributed by atoms with E-state index in [0.29, 0.717) is 47.7 Å². The van der Waals surface area contributed by atoms with Gasteiger partial charge >= 0.3 is 17.9 Å². The van der Waals surface area contributed by atoms with Gasteiger partial charge in [0.2, 0.25) is 0 Å². The van der Waals surface area contributed by atoms with Crippen LogP contribution in [0.4, 0.5) is 10.6 Å². The molecule has 3 amide bonds. The van der Waals surface area contributed by atoms with Gasteiger partial charge in [-0.1, -0.05) is 11.6 Å². The second kappa shape index (κ2) is 9.85. The molecular weight excluding hydrogens is 488 g/mol. The van der Waals surface area contributed by atoms with Gasteiger partial charge < -0.3 is 25.0 Å². The Morgan fingerprint density at radius 2 is 2.11 bits per heavy atom. The Labute approximate surface area is 214 Å². The van der Waals surface area contributed by atoms with Crippen LogP contribution >= 0.6 is 11.6 Å². The van der Waals surface area contributed by atoms with Crippen molar-refractivity contribution >= 4 is 41.0 Å². The van der Waals surface area contributed by atoms with Crippen molar-refractivity contribution in [2.24, 2.45) is 11.0 Å². The number of rotatable bonds is 5. The highest BCUT2D eigenvalue weighted by Gasteiger charge is 2.47. The van der Waals surface area contributed by atoms with E-state index in [1.54, 1.807) is 6.20 Å². The van der Waals surface area contributed by atoms with Crippen LogP contribution in [0.3, 0.4) is 0 Å². The topological polar surface area (TPSA) is 134 Å². The predicted octanol–water partition coefficient (Wildman–Crippen LogP) is 1.73. The van der Waals surface area contributed by atoms with Crippen LogP contribution in [0.1, 0.15) is 51.0 Å². The molecule has 1 aromatic heterocycles. The Kier molecular flexibility index (Phi) is 6.78. The van der Waals surface area contributed by atoms with Crippen LogP contribution in [-0.4, -0.2) is 72.6 Å². The van der Waals surface area contributed by atoms with Gasteiger partial charge in [0.15, 0.2) is 5.60 Å². The largest absolute Gasteiger partial charge is 0.435 e. The average Bonchev–Trinajstić information content (AvgIpc) is 3.49. The molecule has 4 heterocycles. The minimum absolute atomic E-state index is 0.157. The number of hydrogen-bond acceptors (Lipinski definition) is 8. The average molecular weight is 519 g/mol. The van der Waals surface area contributed by atoms with Gasteiger partial charge in [0.05, 0.1) is 23.8 Å². The Balaban J connectivity index is 1.27. The van der Waals surface area contributed by atoms with Gasteiger partial charge in [-0.05, 0) is 57.4 Å². The van der Waals surface area contributed by atoms with Crippen molar-refractivity contribution in [3.05, 3.63) is 22.8 Å². The number of hydrazone groups is 1. The molecule has 1 spiro atoms. The minimum atomic E-state index is -0.888. The first kappa shape index (κ1) is 24.8. The Morgan fingerprint density at radius 3 is 2.75 bits per heavy atom. The van der Waals surface area contributed by atoms with Gasteiger partial charge in [-0.15, -0.1) is 0 Å². The highest BCUT2D eigenvalue weighted by Crippen LogP contribution is 2.42. The number of carbonyl (C=O) groups excluding carboxylic acids is 3. The van der Waals surface area contributed by atoms with Crippen LogP contribution in [0.25, 0.3) is 0 Å². The van der Waals surface area contributed by atoms with Gasteiger partial charge in [0, 0.05) is 31.4 Å². The van der Waals surface area contributed by atoms with Crippen LogP contribution in [0.2, 0.25) is 5.02 Å². The van der Waals surface area contributed by atoms with Crippen molar-refractivity contribution in [3.63, 3.8) is 0 Å². The second-order valence-corrected chi connectivity index (χ2v) is 10.5. The molecule has 5 rings (SSSR count). The molecule has 2 saturated heterocycles. The van der Waals surface area contributed by atoms with E-state index in [-0.39, 0.29) is 12.1 Å². The third kappa shape index (κ3) is 4.73. The van der Waals surface area contributed by atoms with E-state index in [2.05, 4.69) is 31.0 Å². The molecule has 0 unspecified atom stereocenters. The SMILES string of the molecule is CNC(=O)C(=O)N[C@@H](C)CC1CCC2(CC1)OC(=O)NN=C2c1cnc(N2C[C@H]3C[C@@H]2CO3)cc1Cl. The highest BCUT2D eigenvalue weighted by molar-refractivity contribution is 6.35. The summed E-state index contributed by atoms with van der Waals surface area (Å²) in [5, 5.41) is 9.93. The quantitative estimate of drug-likeness (QED) is 0.505. The van der Waals surface area contributed by atoms with E-state index in [0.717, 1.165) is 38.0 Å². The summed E-state index contributed by atoms with van der Waals surface area (Å²) in [5.41, 5.74) is 2.77. The van der Waals surface area contributed by atoms with Gasteiger partial charge in [0.25, 0.3) is 0 Å². The number of aromatic nitrogens is 1. The summed E-state index contributed by atoms with van der Waals surface area (Å²) in [6.07, 6.45) is 5.80. The molecule has 3 aliphatic heterocycles. The monoisotopic (exact) mass is 518 g/mol. The molecule has 1 aliphatic carbocycles. The summed E-state index contributed by atoms with van der Waals surface area (Å²) in [5.74, 6) is -0.187. The molecule has 3 fully saturated rings. The lowest BCUT2D eigenvalue weighted by atomic mass is 9.73. The summed E-state index contributed by atoms with van der Waals surface area (Å²) in [7, 11) is 1.42. The van der Waals surface area contributed by atoms with E-state index >= 15 is 0 Å². The van der Waals surface area contributed by atoms with Crippen molar-refractivity contribution in [3.8, 4) is 0 Å². The molecule has 0 aromatic carbocycles. The van der Waals surface area contributed by atoms with E-state index in [9.17, 15) is 14.4 Å². The molecule has 12 heteroatoms. The lowest BCUT2D eigenvalue weighted by Crippen LogP contribution is -2.52. The Bertz CT molecular complexity index is 1090. The lowest BCUT2D eigenvalue weighted by molar-refractivity contribution is -0.139. The summed E-state index contributed by atoms with van der Waals surface area (Å²) in [6.45, 7) is 3.39. The molecule has 1 saturated carbocycles. The molecule has 3 N–H and O–H groups in total. The van der Waals surface area contributed by atoms with Gasteiger partial charge in [-0.2, -0.15) is 5.10 Å². The second-order valence-electron chi connectivity index (χ2n) is 10.1. The molecule has 3 atom stereocenters. The van der Waals surface area contributed by atoms with Crippen molar-refractivity contribution in [2.45, 2.75) is 69.2 Å². The summed E-state index contributed by atoms with van der Waals surface area (Å²) in [4.78, 5) is 42.4. The molecule has 194 valence electrons. The number of morpholine rings is 1. The third-order valence-electron chi connectivity index (χ3n) is 7.68. The first-order chi connectivity index (χ1) is 17.3. The van der Waals surface area contributed by atoms with Gasteiger partial charge in [0.1, 0.15) is 11.5 Å². The fraction of sp³-hybridized carbons (Fsp3) is 0.625. The molecule has 36 heavy (non-hydrogen) atoms. The number of hydrogen-bond donors (Lipinski definition) is 3. The zero-order chi connectivity index (χ0) is 25.4. The van der Waals surface area contributed by atoms with Crippen molar-refractivity contribution in [2.75, 3.05) is 25.1 Å². The van der Waals surface area contributed by atoms with Crippen molar-refractivity contribution < 1.29 is 23.9 Å². The standard InChI is InChI=1S/C24H31ClN6O5/c1-13(28-22(33)21(32)26-2)7-14-3-5-24(6-4-14)20(29-30-23(34)36-24)17-10-27-19(9-18(17)25)31-11-16-8-15(31)12-35-16/h9-10,13-16H,3-8,11-12H2,1-2H3,(H,26,32)(H,28,33)(H,30,34)/t13-,14?,15+,16+,24?/m0/s1. The minimum Gasteiger partial charge on any atom is -0.435 e. The normalized spacial score (nSPS) is 29.9. The van der Waals surface area contributed by atoms with Gasteiger partial charge in [-0.25, -0.2) is 15.2 Å². The van der Waals surface area contributed by atoms with E-state index in [1.807, 2.05) is 13.0 Å². The fourth-order valence-electron chi connectivity index (χ4n) is 5.87. The van der Waals surface area contributed by atoms with Crippen molar-refractivity contribution in [1.29, 1.82) is 0 Å². The predicted molar refractivity (Wildman–Crippen MR) is 132 cm³/mol. The van der Waals surface area contributed by atoms with Crippen LogP contribution in [0.5, 0.6) is 0 Å². The van der Waals surface area contributed by atoms with Crippen LogP contribution < -0.4 is 21.0 Å². The van der Waals surface area contributed by atoms with Crippen LogP contribution in [-0.2, 0) is 19.1 Å². The maximum absolute atomic E-state index is 12.2. The number of fused-ring (bicyclic) bond motifs is 2. The lowest BCUT2D eigenvalue weighted by Gasteiger charge is -2.42. The maximum atomic E-state index is 12.2. The number of amides is 3. The molecule has 0 radical (unpaired) electrons. The summed E-state index contributed by atoms with van der Waals surface area (Å²) in [6, 6.07) is 2.02. The van der Waals surface area contributed by atoms with Gasteiger partial charge in [-0.3, -0.25) is 9.59 Å². The number of likely N-dealkylation sites (N-methyl/N-ethyl adjacent to an activating group) is 1. The number of nitrogens with one attached hydrogen (secondary N) is 3. The van der Waals surface area contributed by atoms with E-state index in [1.165, 1.54) is 7.05 Å². The number of nitrogens with zero attached hydrogens (tertiary/aromatic N) is 3. The molecular formula is C24H31ClN6O5. The number of anilines is 1. The molecule has 4 aliphatic rings. The van der Waals surface area contributed by atoms with Crippen LogP contribution in [0.15, 0.2) is 17.4 Å². The molecule has 2 bridgehead atoms. The maximum Gasteiger partial charge on any atom is 0.428 e. The molecule has 11 nitrogen and oxygen atoms in total. The number of carbonyl (C=O) groups is 3. The zero-order valence-corrected chi connectivity index (χ0v) is 21.1. The molecule has 1 aromatic rings. The number of pyridine rings is 1. The van der Waals surface area contributed by atoms with E-state index in [4.69, 9.17) is 21.1 Å². The summed E-state index contributed by atoms with van der Waals surface area (Å²) < 4.78 is 11.5. The number of ether oxygens (including phenoxy) is 2. The third-order valence-corrected chi connectivity index (χ3v) is 7.99. The fourth-order valence-corrected chi connectivity index (χ4v) is 6.11. The zero-order valence-electron chi connectivity index (χ0n) is 20.4. The number of halogens is 1. The Morgan fingerprint density at radius 1 is 1.33 bits per heavy atom. The first-order valence-electron chi connectivity index (χ1n) is 12.4. The van der Waals surface area contributed by atoms with E-state index < -0.39 is 23.5 Å². The Hall–Kier alpha value is -2.92.